The van der Waals surface area contributed by atoms with E-state index in [1.807, 2.05) is 32.0 Å². The highest BCUT2D eigenvalue weighted by Crippen LogP contribution is 2.41. The fourth-order valence-corrected chi connectivity index (χ4v) is 6.67. The summed E-state index contributed by atoms with van der Waals surface area (Å²) in [7, 11) is -3.36. The Kier molecular flexibility index (Phi) is 5.84. The lowest BCUT2D eigenvalue weighted by Crippen LogP contribution is -2.31. The molecule has 0 saturated carbocycles. The second-order valence-corrected chi connectivity index (χ2v) is 12.0. The predicted octanol–water partition coefficient (Wildman–Crippen LogP) is 3.92. The number of hydrogen-bond donors (Lipinski definition) is 0. The summed E-state index contributed by atoms with van der Waals surface area (Å²) in [5.41, 5.74) is 4.50. The van der Waals surface area contributed by atoms with Gasteiger partial charge < -0.3 is 14.0 Å². The highest BCUT2D eigenvalue weighted by Gasteiger charge is 2.40. The van der Waals surface area contributed by atoms with Crippen LogP contribution in [0.1, 0.15) is 48.6 Å². The number of nitrogens with zero attached hydrogens (tertiary/aromatic N) is 6. The molecule has 1 amide bonds. The Morgan fingerprint density at radius 2 is 1.95 bits per heavy atom. The molecule has 4 aromatic rings. The molecule has 2 fully saturated rings. The minimum absolute atomic E-state index is 0.137. The molecule has 0 radical (unpaired) electrons. The minimum atomic E-state index is -3.36. The number of rotatable bonds is 5. The first kappa shape index (κ1) is 24.7. The topological polar surface area (TPSA) is 114 Å². The van der Waals surface area contributed by atoms with Gasteiger partial charge in [-0.3, -0.25) is 9.78 Å². The first-order valence-corrected chi connectivity index (χ1v) is 14.3. The summed E-state index contributed by atoms with van der Waals surface area (Å²) < 4.78 is 47.6. The molecule has 5 heterocycles. The number of amides is 1. The van der Waals surface area contributed by atoms with Crippen molar-refractivity contribution < 1.29 is 22.1 Å². The molecule has 0 aliphatic carbocycles. The number of aryl methyl sites for hydroxylation is 2. The van der Waals surface area contributed by atoms with E-state index in [0.717, 1.165) is 28.5 Å². The lowest BCUT2D eigenvalue weighted by atomic mass is 10.0. The van der Waals surface area contributed by atoms with Crippen molar-refractivity contribution in [2.45, 2.75) is 45.2 Å². The van der Waals surface area contributed by atoms with E-state index in [1.54, 1.807) is 4.90 Å². The molecular weight excluding hydrogens is 511 g/mol. The number of pyridine rings is 1. The van der Waals surface area contributed by atoms with E-state index >= 15 is 0 Å². The van der Waals surface area contributed by atoms with Crippen molar-refractivity contribution in [1.82, 2.24) is 24.0 Å². The molecule has 1 aromatic carbocycles. The molecule has 0 spiro atoms. The van der Waals surface area contributed by atoms with Crippen LogP contribution in [0.15, 0.2) is 41.2 Å². The molecular formula is C26H27FN6O4S. The normalized spacial score (nSPS) is 20.7. The average molecular weight is 539 g/mol. The summed E-state index contributed by atoms with van der Waals surface area (Å²) in [5, 5.41) is 4.07. The van der Waals surface area contributed by atoms with Crippen molar-refractivity contribution in [3.63, 3.8) is 0 Å². The lowest BCUT2D eigenvalue weighted by molar-refractivity contribution is -0.117. The van der Waals surface area contributed by atoms with Crippen molar-refractivity contribution in [3.8, 4) is 11.1 Å². The number of halogens is 1. The van der Waals surface area contributed by atoms with Gasteiger partial charge in [0.1, 0.15) is 17.4 Å². The van der Waals surface area contributed by atoms with Gasteiger partial charge in [-0.25, -0.2) is 22.1 Å². The van der Waals surface area contributed by atoms with Gasteiger partial charge in [0.25, 0.3) is 0 Å². The highest BCUT2D eigenvalue weighted by molar-refractivity contribution is 7.88. The maximum absolute atomic E-state index is 14.1. The first-order chi connectivity index (χ1) is 18.1. The fourth-order valence-electron chi connectivity index (χ4n) is 5.79. The molecule has 12 heteroatoms. The van der Waals surface area contributed by atoms with Gasteiger partial charge in [-0.15, -0.1) is 0 Å². The number of aromatic nitrogens is 4. The van der Waals surface area contributed by atoms with Crippen LogP contribution in [-0.2, 0) is 14.8 Å². The summed E-state index contributed by atoms with van der Waals surface area (Å²) in [6, 6.07) is 6.60. The van der Waals surface area contributed by atoms with Crippen molar-refractivity contribution >= 4 is 32.7 Å². The van der Waals surface area contributed by atoms with Crippen molar-refractivity contribution in [2.75, 3.05) is 24.2 Å². The van der Waals surface area contributed by atoms with Crippen LogP contribution in [0.5, 0.6) is 0 Å². The number of anilines is 1. The van der Waals surface area contributed by atoms with Crippen LogP contribution in [-0.4, -0.2) is 57.7 Å². The third kappa shape index (κ3) is 4.08. The zero-order valence-electron chi connectivity index (χ0n) is 21.3. The SMILES string of the molecule is Cc1noc(C)c1-c1ccc2c(c1)nc([C@@H]1CCC(=O)N1c1cncc(F)c1)n2[C@@H]1CCN(S(C)(=O)=O)C1. The van der Waals surface area contributed by atoms with E-state index < -0.39 is 21.9 Å². The van der Waals surface area contributed by atoms with Gasteiger partial charge in [0.15, 0.2) is 0 Å². The highest BCUT2D eigenvalue weighted by atomic mass is 32.2. The number of carbonyl (C=O) groups excluding carboxylic acids is 1. The van der Waals surface area contributed by atoms with Gasteiger partial charge in [-0.1, -0.05) is 11.2 Å². The van der Waals surface area contributed by atoms with Crippen LogP contribution in [0.4, 0.5) is 10.1 Å². The minimum Gasteiger partial charge on any atom is -0.361 e. The molecule has 10 nitrogen and oxygen atoms in total. The largest absolute Gasteiger partial charge is 0.361 e. The summed E-state index contributed by atoms with van der Waals surface area (Å²) in [6.07, 6.45) is 5.18. The zero-order valence-corrected chi connectivity index (χ0v) is 22.1. The quantitative estimate of drug-likeness (QED) is 0.378. The molecule has 38 heavy (non-hydrogen) atoms. The Labute approximate surface area is 219 Å². The number of carbonyl (C=O) groups is 1. The predicted molar refractivity (Wildman–Crippen MR) is 138 cm³/mol. The van der Waals surface area contributed by atoms with Crippen LogP contribution >= 0.6 is 0 Å². The number of sulfonamides is 1. The van der Waals surface area contributed by atoms with Crippen molar-refractivity contribution in [2.24, 2.45) is 0 Å². The number of hydrogen-bond acceptors (Lipinski definition) is 7. The second-order valence-electron chi connectivity index (χ2n) is 9.99. The first-order valence-electron chi connectivity index (χ1n) is 12.4. The van der Waals surface area contributed by atoms with Crippen LogP contribution in [0.3, 0.4) is 0 Å². The summed E-state index contributed by atoms with van der Waals surface area (Å²) in [5.74, 6) is 0.679. The Morgan fingerprint density at radius 3 is 2.63 bits per heavy atom. The molecule has 2 atom stereocenters. The fraction of sp³-hybridized carbons (Fsp3) is 0.385. The average Bonchev–Trinajstić information content (AvgIpc) is 3.63. The second kappa shape index (κ2) is 8.98. The zero-order chi connectivity index (χ0) is 26.8. The molecule has 2 aliphatic heterocycles. The maximum Gasteiger partial charge on any atom is 0.227 e. The van der Waals surface area contributed by atoms with Gasteiger partial charge in [-0.2, -0.15) is 0 Å². The molecule has 2 saturated heterocycles. The third-order valence-electron chi connectivity index (χ3n) is 7.48. The number of benzene rings is 1. The van der Waals surface area contributed by atoms with Crippen LogP contribution < -0.4 is 4.90 Å². The Hall–Kier alpha value is -3.64. The summed E-state index contributed by atoms with van der Waals surface area (Å²) >= 11 is 0. The lowest BCUT2D eigenvalue weighted by Gasteiger charge is -2.27. The van der Waals surface area contributed by atoms with Crippen LogP contribution in [0.25, 0.3) is 22.2 Å². The summed E-state index contributed by atoms with van der Waals surface area (Å²) in [4.78, 5) is 23.5. The van der Waals surface area contributed by atoms with Crippen LogP contribution in [0.2, 0.25) is 0 Å². The smallest absolute Gasteiger partial charge is 0.227 e. The van der Waals surface area contributed by atoms with Crippen molar-refractivity contribution in [3.05, 3.63) is 59.8 Å². The molecule has 198 valence electrons. The van der Waals surface area contributed by atoms with Gasteiger partial charge in [0.05, 0.1) is 53.1 Å². The third-order valence-corrected chi connectivity index (χ3v) is 8.75. The van der Waals surface area contributed by atoms with Crippen molar-refractivity contribution in [1.29, 1.82) is 0 Å². The van der Waals surface area contributed by atoms with E-state index in [0.29, 0.717) is 48.7 Å². The van der Waals surface area contributed by atoms with Gasteiger partial charge in [0.2, 0.25) is 15.9 Å². The molecule has 0 unspecified atom stereocenters. The molecule has 3 aromatic heterocycles. The molecule has 0 bridgehead atoms. The molecule has 2 aliphatic rings. The number of imidazole rings is 1. The monoisotopic (exact) mass is 538 g/mol. The molecule has 6 rings (SSSR count). The van der Waals surface area contributed by atoms with Gasteiger partial charge in [-0.05, 0) is 44.4 Å². The maximum atomic E-state index is 14.1. The van der Waals surface area contributed by atoms with Crippen LogP contribution in [0, 0.1) is 19.7 Å². The molecule has 0 N–H and O–H groups in total. The van der Waals surface area contributed by atoms with E-state index in [9.17, 15) is 17.6 Å². The van der Waals surface area contributed by atoms with E-state index in [-0.39, 0.29) is 18.4 Å². The standard InChI is InChI=1S/C26H27FN6O4S/c1-15-25(16(2)37-30-15)17-4-5-22-21(10-17)29-26(33(22)19-8-9-31(14-19)38(3,35)36)23-6-7-24(34)32(23)20-11-18(27)12-28-13-20/h4-5,10-13,19,23H,6-9,14H2,1-3H3/t19-,23+/m1/s1. The Bertz CT molecular complexity index is 1660. The van der Waals surface area contributed by atoms with E-state index in [2.05, 4.69) is 14.7 Å². The Morgan fingerprint density at radius 1 is 1.13 bits per heavy atom. The Balaban J connectivity index is 1.51. The summed E-state index contributed by atoms with van der Waals surface area (Å²) in [6.45, 7) is 4.45. The van der Waals surface area contributed by atoms with E-state index in [4.69, 9.17) is 9.51 Å². The van der Waals surface area contributed by atoms with Gasteiger partial charge >= 0.3 is 0 Å². The van der Waals surface area contributed by atoms with Gasteiger partial charge in [0, 0.05) is 31.1 Å². The van der Waals surface area contributed by atoms with E-state index in [1.165, 1.54) is 22.8 Å². The number of fused-ring (bicyclic) bond motifs is 1.